The van der Waals surface area contributed by atoms with Crippen molar-refractivity contribution in [3.63, 3.8) is 0 Å². The third kappa shape index (κ3) is 6.61. The quantitative estimate of drug-likeness (QED) is 0.425. The fourth-order valence-electron chi connectivity index (χ4n) is 3.14. The number of nitrogens with one attached hydrogen (secondary N) is 1. The van der Waals surface area contributed by atoms with Gasteiger partial charge in [-0.25, -0.2) is 0 Å². The van der Waals surface area contributed by atoms with Gasteiger partial charge in [0.25, 0.3) is 0 Å². The molecule has 3 rings (SSSR count). The molecule has 0 aromatic heterocycles. The van der Waals surface area contributed by atoms with E-state index in [1.54, 1.807) is 12.3 Å². The minimum atomic E-state index is -0.268. The molecule has 1 aliphatic carbocycles. The summed E-state index contributed by atoms with van der Waals surface area (Å²) in [5, 5.41) is 7.80. The van der Waals surface area contributed by atoms with Crippen molar-refractivity contribution in [2.75, 3.05) is 13.2 Å². The summed E-state index contributed by atoms with van der Waals surface area (Å²) >= 11 is 0. The Labute approximate surface area is 180 Å². The van der Waals surface area contributed by atoms with Gasteiger partial charge in [-0.1, -0.05) is 80.6 Å². The lowest BCUT2D eigenvalue weighted by Crippen LogP contribution is -2.00. The monoisotopic (exact) mass is 404 g/mol. The van der Waals surface area contributed by atoms with Crippen LogP contribution in [0.3, 0.4) is 0 Å². The summed E-state index contributed by atoms with van der Waals surface area (Å²) in [7, 11) is 0. The van der Waals surface area contributed by atoms with E-state index in [1.807, 2.05) is 44.2 Å². The molecule has 1 atom stereocenters. The lowest BCUT2D eigenvalue weighted by Gasteiger charge is -2.14. The number of aliphatic imine (C=N–C) groups is 1. The molecular weight excluding hydrogens is 372 g/mol. The van der Waals surface area contributed by atoms with Crippen LogP contribution < -0.4 is 0 Å². The van der Waals surface area contributed by atoms with E-state index in [1.165, 1.54) is 11.8 Å². The van der Waals surface area contributed by atoms with Gasteiger partial charge in [0, 0.05) is 29.5 Å². The van der Waals surface area contributed by atoms with Crippen LogP contribution in [0.25, 0.3) is 0 Å². The molecule has 1 unspecified atom stereocenters. The second-order valence-electron chi connectivity index (χ2n) is 6.73. The molecule has 4 nitrogen and oxygen atoms in total. The van der Waals surface area contributed by atoms with Gasteiger partial charge in [-0.3, -0.25) is 4.99 Å². The smallest absolute Gasteiger partial charge is 0.184 e. The molecule has 1 aromatic rings. The van der Waals surface area contributed by atoms with Gasteiger partial charge in [0.2, 0.25) is 0 Å². The van der Waals surface area contributed by atoms with Crippen molar-refractivity contribution in [1.82, 2.24) is 0 Å². The summed E-state index contributed by atoms with van der Waals surface area (Å²) < 4.78 is 11.0. The molecule has 0 amide bonds. The van der Waals surface area contributed by atoms with Crippen molar-refractivity contribution in [2.45, 2.75) is 33.5 Å². The average Bonchev–Trinajstić information content (AvgIpc) is 3.36. The summed E-state index contributed by atoms with van der Waals surface area (Å²) in [6, 6.07) is 7.93. The van der Waals surface area contributed by atoms with Crippen LogP contribution in [0.2, 0.25) is 0 Å². The Kier molecular flexibility index (Phi) is 9.92. The highest BCUT2D eigenvalue weighted by molar-refractivity contribution is 5.85. The Morgan fingerprint density at radius 2 is 1.83 bits per heavy atom. The molecule has 0 bridgehead atoms. The summed E-state index contributed by atoms with van der Waals surface area (Å²) in [4.78, 5) is 4.56. The number of ether oxygens (including phenoxy) is 2. The van der Waals surface area contributed by atoms with Crippen molar-refractivity contribution in [1.29, 1.82) is 5.41 Å². The van der Waals surface area contributed by atoms with Crippen molar-refractivity contribution in [2.24, 2.45) is 10.9 Å². The molecule has 4 heteroatoms. The Bertz CT molecular complexity index is 852. The Morgan fingerprint density at radius 1 is 1.13 bits per heavy atom. The van der Waals surface area contributed by atoms with Gasteiger partial charge in [-0.05, 0) is 25.0 Å². The van der Waals surface area contributed by atoms with Crippen LogP contribution in [-0.4, -0.2) is 25.6 Å². The molecule has 0 saturated carbocycles. The lowest BCUT2D eigenvalue weighted by molar-refractivity contribution is -0.0441. The Hall–Kier alpha value is -2.82. The second kappa shape index (κ2) is 12.7. The van der Waals surface area contributed by atoms with E-state index in [2.05, 4.69) is 42.8 Å². The van der Waals surface area contributed by atoms with E-state index in [0.29, 0.717) is 24.8 Å². The average molecular weight is 405 g/mol. The maximum atomic E-state index is 7.80. The molecule has 1 saturated heterocycles. The maximum absolute atomic E-state index is 7.80. The normalized spacial score (nSPS) is 20.0. The first-order valence-electron chi connectivity index (χ1n) is 10.5. The first kappa shape index (κ1) is 23.5. The van der Waals surface area contributed by atoms with E-state index in [-0.39, 0.29) is 6.29 Å². The molecule has 1 aromatic carbocycles. The largest absolute Gasteiger partial charge is 0.346 e. The molecule has 158 valence electrons. The van der Waals surface area contributed by atoms with Gasteiger partial charge in [0.15, 0.2) is 6.29 Å². The van der Waals surface area contributed by atoms with Crippen molar-refractivity contribution >= 4 is 12.4 Å². The Balaban J connectivity index is 0.00000155. The zero-order valence-corrected chi connectivity index (χ0v) is 18.2. The van der Waals surface area contributed by atoms with Crippen LogP contribution in [0.15, 0.2) is 89.1 Å². The van der Waals surface area contributed by atoms with E-state index in [0.717, 1.165) is 23.1 Å². The highest BCUT2D eigenvalue weighted by Crippen LogP contribution is 2.24. The number of allylic oxidation sites excluding steroid dienone is 8. The van der Waals surface area contributed by atoms with Crippen molar-refractivity contribution in [3.8, 4) is 0 Å². The van der Waals surface area contributed by atoms with Crippen LogP contribution >= 0.6 is 0 Å². The SMILES string of the molecule is C=C/C(N=Cc1ccc(C2OCCO2)cc1)=C(C=N)/C=C(\C)C1C=CC=CC1.CC. The van der Waals surface area contributed by atoms with Gasteiger partial charge in [0.05, 0.1) is 18.9 Å². The summed E-state index contributed by atoms with van der Waals surface area (Å²) in [6.07, 6.45) is 16.0. The highest BCUT2D eigenvalue weighted by atomic mass is 16.7. The molecule has 1 heterocycles. The second-order valence-corrected chi connectivity index (χ2v) is 6.73. The van der Waals surface area contributed by atoms with Gasteiger partial charge >= 0.3 is 0 Å². The van der Waals surface area contributed by atoms with E-state index in [4.69, 9.17) is 14.9 Å². The molecule has 1 aliphatic heterocycles. The zero-order valence-electron chi connectivity index (χ0n) is 18.2. The fraction of sp³-hybridized carbons (Fsp3) is 0.308. The molecule has 0 radical (unpaired) electrons. The van der Waals surface area contributed by atoms with E-state index >= 15 is 0 Å². The summed E-state index contributed by atoms with van der Waals surface area (Å²) in [5.74, 6) is 0.363. The third-order valence-corrected chi connectivity index (χ3v) is 4.78. The lowest BCUT2D eigenvalue weighted by atomic mass is 9.92. The summed E-state index contributed by atoms with van der Waals surface area (Å²) in [5.41, 5.74) is 4.59. The highest BCUT2D eigenvalue weighted by Gasteiger charge is 2.17. The van der Waals surface area contributed by atoms with Crippen LogP contribution in [0.4, 0.5) is 0 Å². The topological polar surface area (TPSA) is 54.7 Å². The van der Waals surface area contributed by atoms with Gasteiger partial charge < -0.3 is 14.9 Å². The van der Waals surface area contributed by atoms with E-state index < -0.39 is 0 Å². The van der Waals surface area contributed by atoms with Crippen molar-refractivity contribution in [3.05, 3.63) is 95.3 Å². The number of hydrogen-bond acceptors (Lipinski definition) is 4. The van der Waals surface area contributed by atoms with Crippen LogP contribution in [0.5, 0.6) is 0 Å². The van der Waals surface area contributed by atoms with Gasteiger partial charge in [-0.2, -0.15) is 0 Å². The summed E-state index contributed by atoms with van der Waals surface area (Å²) in [6.45, 7) is 11.2. The maximum Gasteiger partial charge on any atom is 0.184 e. The van der Waals surface area contributed by atoms with Crippen LogP contribution in [-0.2, 0) is 9.47 Å². The molecule has 1 N–H and O–H groups in total. The van der Waals surface area contributed by atoms with E-state index in [9.17, 15) is 0 Å². The molecule has 2 aliphatic rings. The number of hydrogen-bond donors (Lipinski definition) is 1. The third-order valence-electron chi connectivity index (χ3n) is 4.78. The number of benzene rings is 1. The van der Waals surface area contributed by atoms with Gasteiger partial charge in [-0.15, -0.1) is 0 Å². The van der Waals surface area contributed by atoms with Crippen molar-refractivity contribution < 1.29 is 9.47 Å². The molecule has 30 heavy (non-hydrogen) atoms. The first-order valence-corrected chi connectivity index (χ1v) is 10.5. The minimum absolute atomic E-state index is 0.268. The predicted molar refractivity (Wildman–Crippen MR) is 126 cm³/mol. The molecule has 1 fully saturated rings. The Morgan fingerprint density at radius 3 is 2.40 bits per heavy atom. The molecule has 0 spiro atoms. The molecular formula is C26H32N2O2. The number of nitrogens with zero attached hydrogens (tertiary/aromatic N) is 1. The zero-order chi connectivity index (χ0) is 21.8. The standard InChI is InChI=1S/C24H26N2O2.C2H6/c1-3-23(22(16-25)15-18(2)20-7-5-4-6-8-20)26-17-19-9-11-21(12-10-19)24-27-13-14-28-24;1-2/h3-7,9-12,15-17,20,24-25H,1,8,13-14H2,2H3;1-2H3/b18-15+,23-22+,25-16?,26-17?;. The minimum Gasteiger partial charge on any atom is -0.346 e. The van der Waals surface area contributed by atoms with Gasteiger partial charge in [0.1, 0.15) is 0 Å². The van der Waals surface area contributed by atoms with Crippen LogP contribution in [0.1, 0.15) is 44.6 Å². The number of rotatable bonds is 7. The van der Waals surface area contributed by atoms with Crippen LogP contribution in [0, 0.1) is 11.3 Å². The predicted octanol–water partition coefficient (Wildman–Crippen LogP) is 6.35. The fourth-order valence-corrected chi connectivity index (χ4v) is 3.14. The first-order chi connectivity index (χ1) is 14.7.